The van der Waals surface area contributed by atoms with Crippen LogP contribution < -0.4 is 0 Å². The van der Waals surface area contributed by atoms with E-state index in [1.165, 1.54) is 0 Å². The Bertz CT molecular complexity index is 453. The Morgan fingerprint density at radius 3 is 2.71 bits per heavy atom. The van der Waals surface area contributed by atoms with Crippen molar-refractivity contribution < 1.29 is 5.11 Å². The van der Waals surface area contributed by atoms with E-state index in [9.17, 15) is 5.11 Å². The summed E-state index contributed by atoms with van der Waals surface area (Å²) in [5.41, 5.74) is 1.12. The van der Waals surface area contributed by atoms with Crippen LogP contribution in [0.25, 0.3) is 0 Å². The highest BCUT2D eigenvalue weighted by Crippen LogP contribution is 2.08. The molecule has 0 radical (unpaired) electrons. The van der Waals surface area contributed by atoms with E-state index in [-0.39, 0.29) is 6.10 Å². The second-order valence-electron chi connectivity index (χ2n) is 4.21. The van der Waals surface area contributed by atoms with Gasteiger partial charge in [-0.05, 0) is 30.5 Å². The Hall–Kier alpha value is -1.68. The molecule has 17 heavy (non-hydrogen) atoms. The van der Waals surface area contributed by atoms with E-state index in [2.05, 4.69) is 9.97 Å². The Kier molecular flexibility index (Phi) is 3.88. The van der Waals surface area contributed by atoms with Gasteiger partial charge in [-0.1, -0.05) is 0 Å². The van der Waals surface area contributed by atoms with Crippen LogP contribution >= 0.6 is 0 Å². The molecule has 2 rings (SSSR count). The van der Waals surface area contributed by atoms with E-state index in [0.717, 1.165) is 24.2 Å². The second kappa shape index (κ2) is 5.59. The maximum absolute atomic E-state index is 9.93. The minimum absolute atomic E-state index is 0.325. The van der Waals surface area contributed by atoms with Gasteiger partial charge in [0.25, 0.3) is 0 Å². The second-order valence-corrected chi connectivity index (χ2v) is 4.21. The summed E-state index contributed by atoms with van der Waals surface area (Å²) >= 11 is 0. The fourth-order valence-corrected chi connectivity index (χ4v) is 1.83. The van der Waals surface area contributed by atoms with E-state index in [0.29, 0.717) is 6.42 Å². The summed E-state index contributed by atoms with van der Waals surface area (Å²) in [5.74, 6) is 1.01. The van der Waals surface area contributed by atoms with E-state index in [1.807, 2.05) is 29.9 Å². The van der Waals surface area contributed by atoms with Crippen molar-refractivity contribution in [1.29, 1.82) is 0 Å². The third-order valence-electron chi connectivity index (χ3n) is 2.84. The van der Waals surface area contributed by atoms with Crippen LogP contribution in [0.5, 0.6) is 0 Å². The maximum Gasteiger partial charge on any atom is 0.108 e. The van der Waals surface area contributed by atoms with Gasteiger partial charge in [0.2, 0.25) is 0 Å². The number of aromatic nitrogens is 3. The van der Waals surface area contributed by atoms with Gasteiger partial charge in [0.1, 0.15) is 5.82 Å². The lowest BCUT2D eigenvalue weighted by molar-refractivity contribution is 0.164. The minimum atomic E-state index is -0.325. The number of aliphatic hydroxyl groups is 1. The molecule has 2 aromatic heterocycles. The summed E-state index contributed by atoms with van der Waals surface area (Å²) in [6.45, 7) is 0. The molecular formula is C13H17N3O. The third kappa shape index (κ3) is 3.39. The van der Waals surface area contributed by atoms with Crippen LogP contribution in [0.4, 0.5) is 0 Å². The summed E-state index contributed by atoms with van der Waals surface area (Å²) in [7, 11) is 1.97. The van der Waals surface area contributed by atoms with E-state index in [4.69, 9.17) is 0 Å². The fourth-order valence-electron chi connectivity index (χ4n) is 1.83. The Morgan fingerprint density at radius 2 is 2.06 bits per heavy atom. The quantitative estimate of drug-likeness (QED) is 0.845. The van der Waals surface area contributed by atoms with Gasteiger partial charge in [-0.25, -0.2) is 4.98 Å². The molecule has 1 N–H and O–H groups in total. The van der Waals surface area contributed by atoms with Crippen molar-refractivity contribution in [1.82, 2.24) is 14.5 Å². The number of pyridine rings is 1. The van der Waals surface area contributed by atoms with E-state index in [1.54, 1.807) is 18.6 Å². The molecule has 4 heteroatoms. The summed E-state index contributed by atoms with van der Waals surface area (Å²) in [4.78, 5) is 8.19. The molecule has 4 nitrogen and oxygen atoms in total. The van der Waals surface area contributed by atoms with Gasteiger partial charge in [-0.15, -0.1) is 0 Å². The number of nitrogens with zero attached hydrogens (tertiary/aromatic N) is 3. The van der Waals surface area contributed by atoms with Crippen LogP contribution in [0.1, 0.15) is 17.8 Å². The normalized spacial score (nSPS) is 12.6. The zero-order valence-electron chi connectivity index (χ0n) is 9.95. The van der Waals surface area contributed by atoms with Gasteiger partial charge in [0, 0.05) is 38.3 Å². The first-order valence-electron chi connectivity index (χ1n) is 5.79. The van der Waals surface area contributed by atoms with Crippen LogP contribution in [0, 0.1) is 0 Å². The molecule has 0 aliphatic heterocycles. The number of imidazole rings is 1. The highest BCUT2D eigenvalue weighted by molar-refractivity contribution is 5.10. The Morgan fingerprint density at radius 1 is 1.29 bits per heavy atom. The summed E-state index contributed by atoms with van der Waals surface area (Å²) in [6.07, 6.45) is 9.08. The number of aryl methyl sites for hydroxylation is 2. The molecule has 2 aromatic rings. The molecule has 0 bridgehead atoms. The largest absolute Gasteiger partial charge is 0.393 e. The first kappa shape index (κ1) is 11.8. The van der Waals surface area contributed by atoms with E-state index >= 15 is 0 Å². The van der Waals surface area contributed by atoms with Gasteiger partial charge in [-0.2, -0.15) is 0 Å². The fraction of sp³-hybridized carbons (Fsp3) is 0.385. The average Bonchev–Trinajstić information content (AvgIpc) is 2.74. The minimum Gasteiger partial charge on any atom is -0.393 e. The zero-order chi connectivity index (χ0) is 12.1. The highest BCUT2D eigenvalue weighted by Gasteiger charge is 2.07. The predicted octanol–water partition coefficient (Wildman–Crippen LogP) is 1.35. The summed E-state index contributed by atoms with van der Waals surface area (Å²) < 4.78 is 1.99. The van der Waals surface area contributed by atoms with Crippen LogP contribution in [-0.4, -0.2) is 25.7 Å². The molecule has 0 aromatic carbocycles. The lowest BCUT2D eigenvalue weighted by Gasteiger charge is -2.10. The molecule has 90 valence electrons. The summed E-state index contributed by atoms with van der Waals surface area (Å²) in [5, 5.41) is 9.93. The molecule has 1 unspecified atom stereocenters. The third-order valence-corrected chi connectivity index (χ3v) is 2.84. The highest BCUT2D eigenvalue weighted by atomic mass is 16.3. The molecule has 2 heterocycles. The lowest BCUT2D eigenvalue weighted by atomic mass is 10.1. The number of hydrogen-bond donors (Lipinski definition) is 1. The topological polar surface area (TPSA) is 50.9 Å². The van der Waals surface area contributed by atoms with Gasteiger partial charge in [0.05, 0.1) is 6.10 Å². The zero-order valence-corrected chi connectivity index (χ0v) is 9.95. The molecular weight excluding hydrogens is 214 g/mol. The number of rotatable bonds is 5. The standard InChI is InChI=1S/C13H17N3O/c1-16-9-8-15-13(16)3-2-12(17)10-11-4-6-14-7-5-11/h4-9,12,17H,2-3,10H2,1H3. The number of hydrogen-bond acceptors (Lipinski definition) is 3. The van der Waals surface area contributed by atoms with Crippen LogP contribution in [0.3, 0.4) is 0 Å². The Labute approximate surface area is 101 Å². The molecule has 0 saturated carbocycles. The van der Waals surface area contributed by atoms with Crippen LogP contribution in [0.15, 0.2) is 36.9 Å². The first-order valence-corrected chi connectivity index (χ1v) is 5.79. The van der Waals surface area contributed by atoms with Crippen LogP contribution in [-0.2, 0) is 19.9 Å². The van der Waals surface area contributed by atoms with Crippen molar-refractivity contribution in [2.75, 3.05) is 0 Å². The van der Waals surface area contributed by atoms with Crippen molar-refractivity contribution in [3.8, 4) is 0 Å². The van der Waals surface area contributed by atoms with Crippen molar-refractivity contribution in [3.63, 3.8) is 0 Å². The van der Waals surface area contributed by atoms with Crippen LogP contribution in [0.2, 0.25) is 0 Å². The molecule has 0 aliphatic rings. The van der Waals surface area contributed by atoms with Crippen molar-refractivity contribution in [3.05, 3.63) is 48.3 Å². The first-order chi connectivity index (χ1) is 8.25. The molecule has 0 spiro atoms. The molecule has 0 saturated heterocycles. The average molecular weight is 231 g/mol. The van der Waals surface area contributed by atoms with Crippen molar-refractivity contribution >= 4 is 0 Å². The van der Waals surface area contributed by atoms with Gasteiger partial charge in [-0.3, -0.25) is 4.98 Å². The Balaban J connectivity index is 1.82. The molecule has 0 aliphatic carbocycles. The van der Waals surface area contributed by atoms with Crippen molar-refractivity contribution in [2.45, 2.75) is 25.4 Å². The summed E-state index contributed by atoms with van der Waals surface area (Å²) in [6, 6.07) is 3.87. The van der Waals surface area contributed by atoms with Gasteiger partial charge >= 0.3 is 0 Å². The SMILES string of the molecule is Cn1ccnc1CCC(O)Cc1ccncc1. The molecule has 0 fully saturated rings. The smallest absolute Gasteiger partial charge is 0.108 e. The van der Waals surface area contributed by atoms with Gasteiger partial charge in [0.15, 0.2) is 0 Å². The monoisotopic (exact) mass is 231 g/mol. The van der Waals surface area contributed by atoms with Crippen molar-refractivity contribution in [2.24, 2.45) is 7.05 Å². The molecule has 0 amide bonds. The van der Waals surface area contributed by atoms with E-state index < -0.39 is 0 Å². The lowest BCUT2D eigenvalue weighted by Crippen LogP contribution is -2.13. The van der Waals surface area contributed by atoms with Gasteiger partial charge < -0.3 is 9.67 Å². The molecule has 1 atom stereocenters. The maximum atomic E-state index is 9.93. The number of aliphatic hydroxyl groups excluding tert-OH is 1. The predicted molar refractivity (Wildman–Crippen MR) is 65.5 cm³/mol.